The maximum absolute atomic E-state index is 3.88. The van der Waals surface area contributed by atoms with Crippen LogP contribution < -0.4 is 0 Å². The monoisotopic (exact) mass is 247 g/mol. The number of aromatic nitrogens is 3. The maximum Gasteiger partial charge on any atom is 0.115 e. The van der Waals surface area contributed by atoms with E-state index < -0.39 is 0 Å². The predicted molar refractivity (Wildman–Crippen MR) is 78.4 cm³/mol. The Morgan fingerprint density at radius 1 is 0.722 bits per heavy atom. The van der Waals surface area contributed by atoms with Crippen LogP contribution in [0.4, 0.5) is 0 Å². The molecule has 0 radical (unpaired) electrons. The molecule has 0 unspecified atom stereocenters. The summed E-state index contributed by atoms with van der Waals surface area (Å²) >= 11 is 0. The summed E-state index contributed by atoms with van der Waals surface area (Å²) < 4.78 is 0. The molecule has 0 aliphatic carbocycles. The van der Waals surface area contributed by atoms with Gasteiger partial charge in [0.15, 0.2) is 0 Å². The highest BCUT2D eigenvalue weighted by Gasteiger charge is 1.74. The zero-order valence-corrected chi connectivity index (χ0v) is 12.4. The Morgan fingerprint density at radius 3 is 1.44 bits per heavy atom. The first-order valence-electron chi connectivity index (χ1n) is 6.37. The van der Waals surface area contributed by atoms with E-state index in [2.05, 4.69) is 15.0 Å². The van der Waals surface area contributed by atoms with Crippen molar-refractivity contribution < 1.29 is 0 Å². The number of pyridine rings is 1. The second-order valence-corrected chi connectivity index (χ2v) is 2.95. The van der Waals surface area contributed by atoms with Gasteiger partial charge in [0.2, 0.25) is 0 Å². The molecule has 0 N–H and O–H groups in total. The quantitative estimate of drug-likeness (QED) is 0.699. The van der Waals surface area contributed by atoms with Crippen molar-refractivity contribution in [2.45, 2.75) is 41.5 Å². The minimum Gasteiger partial charge on any atom is -0.264 e. The van der Waals surface area contributed by atoms with E-state index in [9.17, 15) is 0 Å². The lowest BCUT2D eigenvalue weighted by Gasteiger charge is -1.82. The average molecular weight is 247 g/mol. The predicted octanol–water partition coefficient (Wildman–Crippen LogP) is 4.23. The van der Waals surface area contributed by atoms with Gasteiger partial charge in [0, 0.05) is 24.8 Å². The highest BCUT2D eigenvalue weighted by atomic mass is 14.8. The molecule has 2 aromatic rings. The number of hydrogen-bond donors (Lipinski definition) is 0. The lowest BCUT2D eigenvalue weighted by atomic mass is 10.3. The Balaban J connectivity index is 0. The lowest BCUT2D eigenvalue weighted by Crippen LogP contribution is -1.75. The Bertz CT molecular complexity index is 309. The summed E-state index contributed by atoms with van der Waals surface area (Å²) in [5.41, 5.74) is 2.31. The Kier molecular flexibility index (Phi) is 15.7. The second kappa shape index (κ2) is 15.2. The lowest BCUT2D eigenvalue weighted by molar-refractivity contribution is 1.13. The van der Waals surface area contributed by atoms with Crippen LogP contribution in [-0.4, -0.2) is 15.0 Å². The molecule has 0 aliphatic rings. The molecule has 0 spiro atoms. The topological polar surface area (TPSA) is 38.7 Å². The van der Waals surface area contributed by atoms with Gasteiger partial charge in [0.05, 0.1) is 0 Å². The zero-order valence-electron chi connectivity index (χ0n) is 12.4. The van der Waals surface area contributed by atoms with E-state index in [0.717, 1.165) is 5.56 Å². The van der Waals surface area contributed by atoms with Crippen LogP contribution in [0.5, 0.6) is 0 Å². The van der Waals surface area contributed by atoms with Crippen molar-refractivity contribution in [3.8, 4) is 0 Å². The van der Waals surface area contributed by atoms with Gasteiger partial charge in [0.1, 0.15) is 6.33 Å². The van der Waals surface area contributed by atoms with Crippen LogP contribution in [0.3, 0.4) is 0 Å². The highest BCUT2D eigenvalue weighted by Crippen LogP contribution is 1.88. The summed E-state index contributed by atoms with van der Waals surface area (Å²) in [5.74, 6) is 0. The molecule has 0 bridgehead atoms. The first-order chi connectivity index (χ1) is 8.79. The molecule has 3 nitrogen and oxygen atoms in total. The first kappa shape index (κ1) is 18.6. The van der Waals surface area contributed by atoms with Gasteiger partial charge in [-0.2, -0.15) is 0 Å². The molecule has 0 amide bonds. The SMILES string of the molecule is CC.CC.Cc1cccnc1.Cc1cncnc1. The van der Waals surface area contributed by atoms with Crippen molar-refractivity contribution in [1.82, 2.24) is 15.0 Å². The Morgan fingerprint density at radius 2 is 1.22 bits per heavy atom. The molecule has 3 heteroatoms. The fourth-order valence-corrected chi connectivity index (χ4v) is 0.822. The summed E-state index contributed by atoms with van der Waals surface area (Å²) in [6, 6.07) is 3.95. The van der Waals surface area contributed by atoms with Gasteiger partial charge in [0.25, 0.3) is 0 Å². The number of rotatable bonds is 0. The van der Waals surface area contributed by atoms with Gasteiger partial charge < -0.3 is 0 Å². The average Bonchev–Trinajstić information content (AvgIpc) is 2.46. The van der Waals surface area contributed by atoms with E-state index in [0.29, 0.717) is 0 Å². The van der Waals surface area contributed by atoms with E-state index in [1.165, 1.54) is 11.9 Å². The molecular formula is C15H25N3. The number of aryl methyl sites for hydroxylation is 2. The third kappa shape index (κ3) is 12.3. The normalized spacial score (nSPS) is 7.44. The van der Waals surface area contributed by atoms with Crippen LogP contribution in [0.1, 0.15) is 38.8 Å². The van der Waals surface area contributed by atoms with Gasteiger partial charge in [-0.15, -0.1) is 0 Å². The van der Waals surface area contributed by atoms with Crippen LogP contribution in [0, 0.1) is 13.8 Å². The summed E-state index contributed by atoms with van der Waals surface area (Å²) in [6.07, 6.45) is 8.67. The van der Waals surface area contributed by atoms with Crippen molar-refractivity contribution >= 4 is 0 Å². The van der Waals surface area contributed by atoms with Crippen molar-refractivity contribution in [2.75, 3.05) is 0 Å². The summed E-state index contributed by atoms with van der Waals surface area (Å²) in [6.45, 7) is 12.0. The van der Waals surface area contributed by atoms with Gasteiger partial charge in [-0.05, 0) is 31.0 Å². The molecule has 2 rings (SSSR count). The van der Waals surface area contributed by atoms with Gasteiger partial charge >= 0.3 is 0 Å². The van der Waals surface area contributed by atoms with E-state index in [-0.39, 0.29) is 0 Å². The summed E-state index contributed by atoms with van der Waals surface area (Å²) in [5, 5.41) is 0. The molecule has 2 heterocycles. The van der Waals surface area contributed by atoms with Crippen molar-refractivity contribution in [2.24, 2.45) is 0 Å². The first-order valence-corrected chi connectivity index (χ1v) is 6.37. The van der Waals surface area contributed by atoms with Crippen molar-refractivity contribution in [3.05, 3.63) is 54.4 Å². The van der Waals surface area contributed by atoms with Gasteiger partial charge in [-0.25, -0.2) is 9.97 Å². The summed E-state index contributed by atoms with van der Waals surface area (Å²) in [4.78, 5) is 11.4. The van der Waals surface area contributed by atoms with E-state index in [1.54, 1.807) is 18.6 Å². The van der Waals surface area contributed by atoms with Crippen molar-refractivity contribution in [3.63, 3.8) is 0 Å². The van der Waals surface area contributed by atoms with Crippen LogP contribution in [-0.2, 0) is 0 Å². The number of hydrogen-bond acceptors (Lipinski definition) is 3. The minimum atomic E-state index is 1.10. The summed E-state index contributed by atoms with van der Waals surface area (Å²) in [7, 11) is 0. The van der Waals surface area contributed by atoms with Crippen molar-refractivity contribution in [1.29, 1.82) is 0 Å². The molecule has 0 aromatic carbocycles. The second-order valence-electron chi connectivity index (χ2n) is 2.95. The van der Waals surface area contributed by atoms with E-state index in [4.69, 9.17) is 0 Å². The number of nitrogens with zero attached hydrogens (tertiary/aromatic N) is 3. The molecule has 0 atom stereocenters. The van der Waals surface area contributed by atoms with Crippen LogP contribution >= 0.6 is 0 Å². The molecular weight excluding hydrogens is 222 g/mol. The Hall–Kier alpha value is -1.77. The fraction of sp³-hybridized carbons (Fsp3) is 0.400. The largest absolute Gasteiger partial charge is 0.264 e. The zero-order chi connectivity index (χ0) is 14.2. The molecule has 0 saturated heterocycles. The van der Waals surface area contributed by atoms with Crippen LogP contribution in [0.15, 0.2) is 43.2 Å². The molecule has 0 aliphatic heterocycles. The smallest absolute Gasteiger partial charge is 0.115 e. The van der Waals surface area contributed by atoms with Gasteiger partial charge in [-0.1, -0.05) is 33.8 Å². The third-order valence-electron chi connectivity index (χ3n) is 1.50. The Labute approximate surface area is 111 Å². The molecule has 100 valence electrons. The maximum atomic E-state index is 3.88. The van der Waals surface area contributed by atoms with E-state index >= 15 is 0 Å². The third-order valence-corrected chi connectivity index (χ3v) is 1.50. The van der Waals surface area contributed by atoms with Crippen LogP contribution in [0.25, 0.3) is 0 Å². The highest BCUT2D eigenvalue weighted by molar-refractivity contribution is 5.04. The fourth-order valence-electron chi connectivity index (χ4n) is 0.822. The molecule has 0 fully saturated rings. The van der Waals surface area contributed by atoms with Crippen LogP contribution in [0.2, 0.25) is 0 Å². The van der Waals surface area contributed by atoms with Gasteiger partial charge in [-0.3, -0.25) is 4.98 Å². The molecule has 0 saturated carbocycles. The standard InChI is InChI=1S/C6H7N.C5H6N2.2C2H6/c1-6-3-2-4-7-5-6;1-5-2-6-4-7-3-5;2*1-2/h2-5H,1H3;2-4H,1H3;2*1-2H3. The minimum absolute atomic E-state index is 1.10. The van der Waals surface area contributed by atoms with E-state index in [1.807, 2.05) is 59.9 Å². The molecule has 18 heavy (non-hydrogen) atoms. The molecule has 2 aromatic heterocycles.